The summed E-state index contributed by atoms with van der Waals surface area (Å²) < 4.78 is 47.7. The SMILES string of the molecule is COCCn1c(=NC(=O)C2CCN(S(=O)(=O)c3ccc(F)cc3)CC2)sc2cc([N+](=O)[O-])ccc21. The predicted molar refractivity (Wildman–Crippen MR) is 127 cm³/mol. The fourth-order valence-electron chi connectivity index (χ4n) is 3.94. The molecule has 0 spiro atoms. The van der Waals surface area contributed by atoms with Gasteiger partial charge >= 0.3 is 0 Å². The van der Waals surface area contributed by atoms with Gasteiger partial charge in [0.15, 0.2) is 4.80 Å². The Labute approximate surface area is 204 Å². The van der Waals surface area contributed by atoms with Gasteiger partial charge in [0.25, 0.3) is 11.6 Å². The van der Waals surface area contributed by atoms with Crippen LogP contribution in [0.5, 0.6) is 0 Å². The molecule has 1 aliphatic heterocycles. The van der Waals surface area contributed by atoms with Crippen molar-refractivity contribution in [2.24, 2.45) is 10.9 Å². The highest BCUT2D eigenvalue weighted by Crippen LogP contribution is 2.26. The van der Waals surface area contributed by atoms with Crippen LogP contribution in [-0.4, -0.2) is 54.9 Å². The van der Waals surface area contributed by atoms with Crippen molar-refractivity contribution in [3.63, 3.8) is 0 Å². The molecule has 0 atom stereocenters. The highest BCUT2D eigenvalue weighted by Gasteiger charge is 2.32. The molecule has 1 aromatic heterocycles. The van der Waals surface area contributed by atoms with Crippen LogP contribution in [-0.2, 0) is 26.1 Å². The molecule has 0 unspecified atom stereocenters. The van der Waals surface area contributed by atoms with Gasteiger partial charge in [0, 0.05) is 44.8 Å². The molecule has 1 fully saturated rings. The fourth-order valence-corrected chi connectivity index (χ4v) is 6.51. The standard InChI is InChI=1S/C22H23FN4O6S2/c1-33-13-12-26-19-7-4-17(27(29)30)14-20(19)34-22(26)24-21(28)15-8-10-25(11-9-15)35(31,32)18-5-2-16(23)3-6-18/h2-7,14-15H,8-13H2,1H3. The Morgan fingerprint density at radius 3 is 2.54 bits per heavy atom. The number of rotatable bonds is 7. The molecule has 0 N–H and O–H groups in total. The normalized spacial score (nSPS) is 16.1. The molecule has 1 amide bonds. The quantitative estimate of drug-likeness (QED) is 0.347. The fraction of sp³-hybridized carbons (Fsp3) is 0.364. The second-order valence-corrected chi connectivity index (χ2v) is 11.0. The van der Waals surface area contributed by atoms with Crippen LogP contribution < -0.4 is 4.80 Å². The molecule has 3 aromatic rings. The van der Waals surface area contributed by atoms with E-state index in [1.54, 1.807) is 17.7 Å². The molecule has 2 heterocycles. The van der Waals surface area contributed by atoms with Crippen LogP contribution in [0.25, 0.3) is 10.2 Å². The molecule has 0 radical (unpaired) electrons. The van der Waals surface area contributed by atoms with E-state index in [2.05, 4.69) is 4.99 Å². The number of ether oxygens (including phenoxy) is 1. The summed E-state index contributed by atoms with van der Waals surface area (Å²) in [5, 5.41) is 11.1. The molecule has 0 bridgehead atoms. The summed E-state index contributed by atoms with van der Waals surface area (Å²) >= 11 is 1.18. The number of carbonyl (C=O) groups excluding carboxylic acids is 1. The summed E-state index contributed by atoms with van der Waals surface area (Å²) in [5.41, 5.74) is 0.662. The lowest BCUT2D eigenvalue weighted by Gasteiger charge is -2.29. The summed E-state index contributed by atoms with van der Waals surface area (Å²) in [6, 6.07) is 9.12. The number of sulfonamides is 1. The topological polar surface area (TPSA) is 124 Å². The van der Waals surface area contributed by atoms with Gasteiger partial charge in [-0.3, -0.25) is 14.9 Å². The van der Waals surface area contributed by atoms with Crippen LogP contribution in [0.2, 0.25) is 0 Å². The Hall–Kier alpha value is -3.00. The zero-order chi connectivity index (χ0) is 25.2. The Morgan fingerprint density at radius 1 is 1.23 bits per heavy atom. The third-order valence-electron chi connectivity index (χ3n) is 5.86. The van der Waals surface area contributed by atoms with Crippen LogP contribution in [0.1, 0.15) is 12.8 Å². The van der Waals surface area contributed by atoms with Gasteiger partial charge in [0.2, 0.25) is 10.0 Å². The maximum absolute atomic E-state index is 13.2. The van der Waals surface area contributed by atoms with Gasteiger partial charge in [-0.1, -0.05) is 11.3 Å². The van der Waals surface area contributed by atoms with Crippen molar-refractivity contribution in [3.8, 4) is 0 Å². The Kier molecular flexibility index (Phi) is 7.40. The van der Waals surface area contributed by atoms with E-state index >= 15 is 0 Å². The Bertz CT molecular complexity index is 1420. The summed E-state index contributed by atoms with van der Waals surface area (Å²) in [6.45, 7) is 1.07. The first kappa shape index (κ1) is 25.1. The number of methoxy groups -OCH3 is 1. The average molecular weight is 523 g/mol. The van der Waals surface area contributed by atoms with Crippen molar-refractivity contribution in [1.82, 2.24) is 8.87 Å². The average Bonchev–Trinajstić information content (AvgIpc) is 3.18. The Balaban J connectivity index is 1.55. The van der Waals surface area contributed by atoms with E-state index in [4.69, 9.17) is 4.74 Å². The summed E-state index contributed by atoms with van der Waals surface area (Å²) in [4.78, 5) is 28.4. The molecule has 10 nitrogen and oxygen atoms in total. The summed E-state index contributed by atoms with van der Waals surface area (Å²) in [5.74, 6) is -1.34. The van der Waals surface area contributed by atoms with Crippen molar-refractivity contribution < 1.29 is 27.3 Å². The number of hydrogen-bond donors (Lipinski definition) is 0. The number of aromatic nitrogens is 1. The van der Waals surface area contributed by atoms with E-state index in [-0.39, 0.29) is 29.6 Å². The molecule has 186 valence electrons. The van der Waals surface area contributed by atoms with Gasteiger partial charge in [-0.25, -0.2) is 12.8 Å². The number of nitrogens with zero attached hydrogens (tertiary/aromatic N) is 4. The predicted octanol–water partition coefficient (Wildman–Crippen LogP) is 2.92. The zero-order valence-corrected chi connectivity index (χ0v) is 20.4. The van der Waals surface area contributed by atoms with Gasteiger partial charge in [0.05, 0.1) is 26.6 Å². The number of piperidine rings is 1. The molecular formula is C22H23FN4O6S2. The van der Waals surface area contributed by atoms with Crippen LogP contribution in [0.3, 0.4) is 0 Å². The molecule has 13 heteroatoms. The lowest BCUT2D eigenvalue weighted by Crippen LogP contribution is -2.40. The third-order valence-corrected chi connectivity index (χ3v) is 8.81. The van der Waals surface area contributed by atoms with Crippen molar-refractivity contribution in [1.29, 1.82) is 0 Å². The minimum Gasteiger partial charge on any atom is -0.383 e. The van der Waals surface area contributed by atoms with E-state index in [1.807, 2.05) is 0 Å². The highest BCUT2D eigenvalue weighted by molar-refractivity contribution is 7.89. The van der Waals surface area contributed by atoms with Crippen molar-refractivity contribution in [3.05, 3.63) is 63.2 Å². The van der Waals surface area contributed by atoms with Gasteiger partial charge < -0.3 is 9.30 Å². The zero-order valence-electron chi connectivity index (χ0n) is 18.8. The number of benzene rings is 2. The van der Waals surface area contributed by atoms with Crippen molar-refractivity contribution in [2.45, 2.75) is 24.3 Å². The Morgan fingerprint density at radius 2 is 1.91 bits per heavy atom. The molecule has 2 aromatic carbocycles. The molecule has 4 rings (SSSR count). The number of fused-ring (bicyclic) bond motifs is 1. The minimum absolute atomic E-state index is 0.00641. The van der Waals surface area contributed by atoms with Gasteiger partial charge in [-0.15, -0.1) is 0 Å². The highest BCUT2D eigenvalue weighted by atomic mass is 32.2. The van der Waals surface area contributed by atoms with E-state index < -0.39 is 26.7 Å². The second kappa shape index (κ2) is 10.3. The first-order chi connectivity index (χ1) is 16.7. The minimum atomic E-state index is -3.78. The number of nitro groups is 1. The van der Waals surface area contributed by atoms with Crippen LogP contribution in [0.4, 0.5) is 10.1 Å². The molecule has 1 aliphatic rings. The van der Waals surface area contributed by atoms with E-state index in [9.17, 15) is 27.7 Å². The summed E-state index contributed by atoms with van der Waals surface area (Å²) in [6.07, 6.45) is 0.606. The third kappa shape index (κ3) is 5.32. The molecule has 35 heavy (non-hydrogen) atoms. The second-order valence-electron chi connectivity index (χ2n) is 8.02. The van der Waals surface area contributed by atoms with Gasteiger partial charge in [-0.2, -0.15) is 9.30 Å². The largest absolute Gasteiger partial charge is 0.383 e. The lowest BCUT2D eigenvalue weighted by molar-refractivity contribution is -0.384. The number of amides is 1. The van der Waals surface area contributed by atoms with Gasteiger partial charge in [0.1, 0.15) is 5.82 Å². The molecule has 1 saturated heterocycles. The van der Waals surface area contributed by atoms with E-state index in [0.29, 0.717) is 41.0 Å². The van der Waals surface area contributed by atoms with Crippen molar-refractivity contribution in [2.75, 3.05) is 26.8 Å². The number of thiazole rings is 1. The number of hydrogen-bond acceptors (Lipinski definition) is 7. The monoisotopic (exact) mass is 522 g/mol. The van der Waals surface area contributed by atoms with Crippen molar-refractivity contribution >= 4 is 43.2 Å². The number of halogens is 1. The van der Waals surface area contributed by atoms with E-state index in [1.165, 1.54) is 39.9 Å². The maximum atomic E-state index is 13.2. The van der Waals surface area contributed by atoms with E-state index in [0.717, 1.165) is 12.1 Å². The lowest BCUT2D eigenvalue weighted by atomic mass is 9.98. The number of nitro benzene ring substituents is 1. The smallest absolute Gasteiger partial charge is 0.270 e. The van der Waals surface area contributed by atoms with Crippen LogP contribution in [0.15, 0.2) is 52.4 Å². The number of carbonyl (C=O) groups is 1. The summed E-state index contributed by atoms with van der Waals surface area (Å²) in [7, 11) is -2.23. The maximum Gasteiger partial charge on any atom is 0.270 e. The first-order valence-electron chi connectivity index (χ1n) is 10.8. The number of non-ortho nitro benzene ring substituents is 1. The van der Waals surface area contributed by atoms with Crippen LogP contribution >= 0.6 is 11.3 Å². The molecule has 0 aliphatic carbocycles. The molecule has 0 saturated carbocycles. The van der Waals surface area contributed by atoms with Gasteiger partial charge in [-0.05, 0) is 43.2 Å². The first-order valence-corrected chi connectivity index (χ1v) is 13.1. The molecular weight excluding hydrogens is 499 g/mol. The van der Waals surface area contributed by atoms with Crippen LogP contribution in [0, 0.1) is 21.8 Å².